The fourth-order valence-corrected chi connectivity index (χ4v) is 0.621. The summed E-state index contributed by atoms with van der Waals surface area (Å²) in [4.78, 5) is 0. The lowest BCUT2D eigenvalue weighted by molar-refractivity contribution is 2.44. The maximum absolute atomic E-state index is 5.25. The summed E-state index contributed by atoms with van der Waals surface area (Å²) < 4.78 is 0. The predicted octanol–water partition coefficient (Wildman–Crippen LogP) is 3.07. The molecule has 0 aromatic rings. The van der Waals surface area contributed by atoms with Crippen molar-refractivity contribution < 1.29 is 0 Å². The van der Waals surface area contributed by atoms with Crippen LogP contribution in [0.4, 0.5) is 0 Å². The van der Waals surface area contributed by atoms with Crippen LogP contribution in [-0.4, -0.2) is 0 Å². The first-order valence-corrected chi connectivity index (χ1v) is 4.46. The van der Waals surface area contributed by atoms with Gasteiger partial charge >= 0.3 is 0 Å². The summed E-state index contributed by atoms with van der Waals surface area (Å²) >= 11 is 10.5. The minimum absolute atomic E-state index is 0.955. The maximum atomic E-state index is 5.25. The highest BCUT2D eigenvalue weighted by Gasteiger charge is 1.83. The summed E-state index contributed by atoms with van der Waals surface area (Å²) in [6.07, 6.45) is 0. The van der Waals surface area contributed by atoms with Gasteiger partial charge in [0.05, 0.1) is 0 Å². The van der Waals surface area contributed by atoms with Crippen LogP contribution in [0.5, 0.6) is 0 Å². The molecule has 0 aromatic heterocycles. The van der Waals surface area contributed by atoms with E-state index in [0.717, 1.165) is 0 Å². The minimum atomic E-state index is -0.955. The molecule has 0 radical (unpaired) electrons. The lowest BCUT2D eigenvalue weighted by Crippen LogP contribution is -1.25. The normalized spacial score (nSPS) is 7.83. The van der Waals surface area contributed by atoms with Crippen molar-refractivity contribution in [1.29, 1.82) is 0 Å². The summed E-state index contributed by atoms with van der Waals surface area (Å²) in [6, 6.07) is 0. The van der Waals surface area contributed by atoms with Gasteiger partial charge in [0, 0.05) is 5.82 Å². The molecule has 0 aliphatic heterocycles. The average molecular weight is 141 g/mol. The summed E-state index contributed by atoms with van der Waals surface area (Å²) in [6.45, 7) is 2.31. The van der Waals surface area contributed by atoms with E-state index in [-0.39, 0.29) is 0 Å². The molecule has 0 N–H and O–H groups in total. The second-order valence-electron chi connectivity index (χ2n) is 0.592. The first kappa shape index (κ1) is 6.53. The molecule has 0 unspecified atom stereocenters. The Morgan fingerprint density at radius 3 is 2.17 bits per heavy atom. The van der Waals surface area contributed by atoms with Gasteiger partial charge in [-0.05, 0) is 0 Å². The molecule has 0 bridgehead atoms. The molecule has 0 amide bonds. The largest absolute Gasteiger partial charge is 0.126 e. The van der Waals surface area contributed by atoms with E-state index in [0.29, 0.717) is 0 Å². The van der Waals surface area contributed by atoms with E-state index in [4.69, 9.17) is 22.5 Å². The highest BCUT2D eigenvalue weighted by molar-refractivity contribution is 8.06. The van der Waals surface area contributed by atoms with Gasteiger partial charge < -0.3 is 0 Å². The van der Waals surface area contributed by atoms with Gasteiger partial charge in [0.1, 0.15) is 6.63 Å². The molecule has 0 nitrogen and oxygen atoms in total. The van der Waals surface area contributed by atoms with Crippen LogP contribution >= 0.6 is 29.1 Å². The molecule has 0 aliphatic carbocycles. The van der Waals surface area contributed by atoms with Crippen molar-refractivity contribution in [2.45, 2.75) is 0 Å². The molecule has 0 atom stereocenters. The molecule has 0 fully saturated rings. The van der Waals surface area contributed by atoms with Crippen LogP contribution in [0.2, 0.25) is 0 Å². The zero-order valence-corrected chi connectivity index (χ0v) is 5.39. The van der Waals surface area contributed by atoms with Crippen LogP contribution in [0.15, 0.2) is 18.1 Å². The summed E-state index contributed by atoms with van der Waals surface area (Å²) in [5, 5.41) is 0. The van der Waals surface area contributed by atoms with Crippen LogP contribution in [-0.2, 0) is 0 Å². The monoisotopic (exact) mass is 140 g/mol. The SMILES string of the molecule is C=C=CP(Cl)Cl. The number of hydrogen-bond acceptors (Lipinski definition) is 0. The van der Waals surface area contributed by atoms with E-state index < -0.39 is 6.63 Å². The van der Waals surface area contributed by atoms with Crippen molar-refractivity contribution in [2.75, 3.05) is 0 Å². The van der Waals surface area contributed by atoms with Crippen molar-refractivity contribution in [3.63, 3.8) is 0 Å². The van der Waals surface area contributed by atoms with Gasteiger partial charge in [-0.2, -0.15) is 0 Å². The maximum Gasteiger partial charge on any atom is 0.117 e. The van der Waals surface area contributed by atoms with Crippen molar-refractivity contribution >= 4 is 29.1 Å². The van der Waals surface area contributed by atoms with Gasteiger partial charge in [-0.3, -0.25) is 0 Å². The summed E-state index contributed by atoms with van der Waals surface area (Å²) in [5.74, 6) is 1.53. The molecular formula is C3H3Cl2P. The first-order chi connectivity index (χ1) is 2.77. The van der Waals surface area contributed by atoms with Crippen molar-refractivity contribution in [1.82, 2.24) is 0 Å². The molecule has 0 heterocycles. The van der Waals surface area contributed by atoms with Crippen LogP contribution < -0.4 is 0 Å². The van der Waals surface area contributed by atoms with Gasteiger partial charge in [-0.25, -0.2) is 0 Å². The number of hydrogen-bond donors (Lipinski definition) is 0. The molecule has 0 aliphatic rings. The van der Waals surface area contributed by atoms with E-state index in [2.05, 4.69) is 12.3 Å². The van der Waals surface area contributed by atoms with Gasteiger partial charge in [0.2, 0.25) is 0 Å². The molecule has 0 saturated carbocycles. The van der Waals surface area contributed by atoms with Crippen molar-refractivity contribution in [3.8, 4) is 0 Å². The van der Waals surface area contributed by atoms with Gasteiger partial charge in [0.15, 0.2) is 0 Å². The van der Waals surface area contributed by atoms with E-state index in [9.17, 15) is 0 Å². The Hall–Kier alpha value is 0.530. The third-order valence-corrected chi connectivity index (χ3v) is 1.15. The third kappa shape index (κ3) is 4.53. The van der Waals surface area contributed by atoms with Gasteiger partial charge in [-0.15, -0.1) is 5.73 Å². The van der Waals surface area contributed by atoms with E-state index >= 15 is 0 Å². The lowest BCUT2D eigenvalue weighted by Gasteiger charge is -1.77. The molecular weight excluding hydrogens is 138 g/mol. The number of rotatable bonds is 1. The highest BCUT2D eigenvalue weighted by Crippen LogP contribution is 2.47. The molecule has 0 rings (SSSR count). The fraction of sp³-hybridized carbons (Fsp3) is 0. The first-order valence-electron chi connectivity index (χ1n) is 1.24. The zero-order valence-electron chi connectivity index (χ0n) is 2.99. The summed E-state index contributed by atoms with van der Waals surface area (Å²) in [5.41, 5.74) is 2.46. The van der Waals surface area contributed by atoms with Crippen LogP contribution in [0, 0.1) is 0 Å². The average Bonchev–Trinajstić information content (AvgIpc) is 1.35. The van der Waals surface area contributed by atoms with E-state index in [1.807, 2.05) is 0 Å². The van der Waals surface area contributed by atoms with Crippen molar-refractivity contribution in [2.24, 2.45) is 0 Å². The van der Waals surface area contributed by atoms with E-state index in [1.54, 1.807) is 0 Å². The Bertz CT molecular complexity index is 72.9. The van der Waals surface area contributed by atoms with Gasteiger partial charge in [-0.1, -0.05) is 29.1 Å². The molecule has 6 heavy (non-hydrogen) atoms. The molecule has 34 valence electrons. The Morgan fingerprint density at radius 1 is 1.67 bits per heavy atom. The third-order valence-electron chi connectivity index (χ3n) is 0.189. The highest BCUT2D eigenvalue weighted by atomic mass is 35.9. The zero-order chi connectivity index (χ0) is 4.99. The standard InChI is InChI=1S/C3H3Cl2P/c1-2-3-6(4)5/h3H,1H2. The topological polar surface area (TPSA) is 0 Å². The molecule has 0 saturated heterocycles. The second kappa shape index (κ2) is 3.71. The minimum Gasteiger partial charge on any atom is -0.126 e. The van der Waals surface area contributed by atoms with Crippen LogP contribution in [0.1, 0.15) is 0 Å². The van der Waals surface area contributed by atoms with Crippen molar-refractivity contribution in [3.05, 3.63) is 18.1 Å². The lowest BCUT2D eigenvalue weighted by atomic mass is 11.0. The number of halogens is 2. The van der Waals surface area contributed by atoms with Gasteiger partial charge in [0.25, 0.3) is 0 Å². The van der Waals surface area contributed by atoms with E-state index in [1.165, 1.54) is 5.82 Å². The fourth-order valence-electron chi connectivity index (χ4n) is 0.0690. The Kier molecular flexibility index (Phi) is 4.04. The second-order valence-corrected chi connectivity index (χ2v) is 4.07. The van der Waals surface area contributed by atoms with Crippen LogP contribution in [0.3, 0.4) is 0 Å². The molecule has 0 aromatic carbocycles. The Labute approximate surface area is 47.8 Å². The Balaban J connectivity index is 3.29. The van der Waals surface area contributed by atoms with Crippen LogP contribution in [0.25, 0.3) is 0 Å². The Morgan fingerprint density at radius 2 is 2.17 bits per heavy atom. The molecule has 0 spiro atoms. The smallest absolute Gasteiger partial charge is 0.117 e. The molecule has 3 heteroatoms. The summed E-state index contributed by atoms with van der Waals surface area (Å²) in [7, 11) is 0. The predicted molar refractivity (Wildman–Crippen MR) is 32.3 cm³/mol. The quantitative estimate of drug-likeness (QED) is 0.388.